The summed E-state index contributed by atoms with van der Waals surface area (Å²) >= 11 is 0. The van der Waals surface area contributed by atoms with Crippen LogP contribution in [-0.2, 0) is 35.3 Å². The van der Waals surface area contributed by atoms with Gasteiger partial charge in [0.1, 0.15) is 24.0 Å². The van der Waals surface area contributed by atoms with Gasteiger partial charge in [0.15, 0.2) is 5.69 Å². The van der Waals surface area contributed by atoms with Crippen LogP contribution in [0.4, 0.5) is 26.3 Å². The standard InChI is InChI=1S/C28H23F6N5O3/c1-42-14-17-12-39(38-26(17)28(32,33)34)13-24(40)37-23(9-15-7-18(29)11-19(30)8-15)25-20(3-2-6-36-25)16-4-5-22(31)21(10-16)27(35)41/h2-8,10-12,23H,9,13-14H2,1H3,(H2,35,41)(H,37,40)/t23-/m0/s1. The van der Waals surface area contributed by atoms with Gasteiger partial charge in [-0.05, 0) is 47.9 Å². The summed E-state index contributed by atoms with van der Waals surface area (Å²) in [5.74, 6) is -4.43. The number of hydrogen-bond donors (Lipinski definition) is 2. The maximum absolute atomic E-state index is 14.2. The van der Waals surface area contributed by atoms with E-state index in [1.54, 1.807) is 6.07 Å². The third-order valence-corrected chi connectivity index (χ3v) is 6.12. The third-order valence-electron chi connectivity index (χ3n) is 6.12. The van der Waals surface area contributed by atoms with Crippen molar-refractivity contribution in [3.63, 3.8) is 0 Å². The summed E-state index contributed by atoms with van der Waals surface area (Å²) in [6, 6.07) is 8.34. The molecule has 0 bridgehead atoms. The zero-order valence-corrected chi connectivity index (χ0v) is 21.9. The first-order chi connectivity index (χ1) is 19.8. The van der Waals surface area contributed by atoms with Gasteiger partial charge in [-0.3, -0.25) is 19.3 Å². The van der Waals surface area contributed by atoms with Gasteiger partial charge in [0.05, 0.1) is 23.9 Å². The van der Waals surface area contributed by atoms with Crippen LogP contribution in [0, 0.1) is 17.5 Å². The van der Waals surface area contributed by atoms with E-state index in [0.29, 0.717) is 17.2 Å². The molecular weight excluding hydrogens is 568 g/mol. The average Bonchev–Trinajstić information content (AvgIpc) is 3.31. The minimum atomic E-state index is -4.79. The molecule has 0 unspecified atom stereocenters. The summed E-state index contributed by atoms with van der Waals surface area (Å²) in [6.07, 6.45) is -2.58. The molecule has 0 aliphatic heterocycles. The number of rotatable bonds is 10. The fraction of sp³-hybridized carbons (Fsp3) is 0.214. The zero-order chi connectivity index (χ0) is 30.6. The van der Waals surface area contributed by atoms with Crippen LogP contribution < -0.4 is 11.1 Å². The molecule has 0 fully saturated rings. The van der Waals surface area contributed by atoms with E-state index in [0.717, 1.165) is 29.1 Å². The highest BCUT2D eigenvalue weighted by Crippen LogP contribution is 2.32. The Hall–Kier alpha value is -4.72. The monoisotopic (exact) mass is 591 g/mol. The van der Waals surface area contributed by atoms with Gasteiger partial charge in [0.2, 0.25) is 5.91 Å². The number of primary amides is 1. The second-order valence-electron chi connectivity index (χ2n) is 9.23. The lowest BCUT2D eigenvalue weighted by Crippen LogP contribution is -2.34. The van der Waals surface area contributed by atoms with Crippen molar-refractivity contribution in [3.8, 4) is 11.1 Å². The van der Waals surface area contributed by atoms with Crippen molar-refractivity contribution in [3.05, 3.63) is 106 Å². The Morgan fingerprint density at radius 3 is 2.43 bits per heavy atom. The van der Waals surface area contributed by atoms with Crippen LogP contribution in [0.5, 0.6) is 0 Å². The first-order valence-corrected chi connectivity index (χ1v) is 12.3. The van der Waals surface area contributed by atoms with Crippen LogP contribution in [0.25, 0.3) is 11.1 Å². The van der Waals surface area contributed by atoms with Crippen molar-refractivity contribution in [2.24, 2.45) is 5.73 Å². The summed E-state index contributed by atoms with van der Waals surface area (Å²) in [5, 5.41) is 6.13. The number of nitrogens with zero attached hydrogens (tertiary/aromatic N) is 3. The molecule has 0 saturated carbocycles. The Morgan fingerprint density at radius 1 is 1.07 bits per heavy atom. The van der Waals surface area contributed by atoms with Crippen molar-refractivity contribution >= 4 is 11.8 Å². The smallest absolute Gasteiger partial charge is 0.380 e. The SMILES string of the molecule is COCc1cn(CC(=O)N[C@@H](Cc2cc(F)cc(F)c2)c2ncccc2-c2ccc(F)c(C(N)=O)c2)nc1C(F)(F)F. The van der Waals surface area contributed by atoms with E-state index in [2.05, 4.69) is 15.4 Å². The molecule has 0 radical (unpaired) electrons. The minimum Gasteiger partial charge on any atom is -0.380 e. The average molecular weight is 592 g/mol. The fourth-order valence-corrected chi connectivity index (χ4v) is 4.43. The van der Waals surface area contributed by atoms with Crippen molar-refractivity contribution in [2.45, 2.75) is 31.8 Å². The van der Waals surface area contributed by atoms with E-state index >= 15 is 0 Å². The predicted molar refractivity (Wildman–Crippen MR) is 137 cm³/mol. The maximum atomic E-state index is 14.2. The van der Waals surface area contributed by atoms with E-state index in [4.69, 9.17) is 10.5 Å². The Morgan fingerprint density at radius 2 is 1.79 bits per heavy atom. The number of nitrogens with one attached hydrogen (secondary N) is 1. The first-order valence-electron chi connectivity index (χ1n) is 12.3. The molecule has 4 rings (SSSR count). The Labute approximate surface area is 235 Å². The van der Waals surface area contributed by atoms with Crippen molar-refractivity contribution < 1.29 is 40.7 Å². The normalized spacial score (nSPS) is 12.3. The van der Waals surface area contributed by atoms with E-state index in [-0.39, 0.29) is 23.2 Å². The number of benzene rings is 2. The number of carbonyl (C=O) groups excluding carboxylic acids is 2. The first kappa shape index (κ1) is 30.2. The molecule has 14 heteroatoms. The molecule has 0 aliphatic carbocycles. The highest BCUT2D eigenvalue weighted by atomic mass is 19.4. The number of pyridine rings is 1. The summed E-state index contributed by atoms with van der Waals surface area (Å²) in [6.45, 7) is -1.04. The topological polar surface area (TPSA) is 112 Å². The van der Waals surface area contributed by atoms with Gasteiger partial charge in [-0.1, -0.05) is 12.1 Å². The second-order valence-corrected chi connectivity index (χ2v) is 9.23. The molecule has 8 nitrogen and oxygen atoms in total. The van der Waals surface area contributed by atoms with Gasteiger partial charge in [-0.2, -0.15) is 18.3 Å². The van der Waals surface area contributed by atoms with Crippen molar-refractivity contribution in [1.82, 2.24) is 20.1 Å². The van der Waals surface area contributed by atoms with E-state index < -0.39 is 65.9 Å². The van der Waals surface area contributed by atoms with Crippen LogP contribution in [-0.4, -0.2) is 33.7 Å². The highest BCUT2D eigenvalue weighted by molar-refractivity contribution is 5.94. The number of carbonyl (C=O) groups is 2. The van der Waals surface area contributed by atoms with Gasteiger partial charge in [-0.25, -0.2) is 13.2 Å². The van der Waals surface area contributed by atoms with Gasteiger partial charge < -0.3 is 15.8 Å². The number of alkyl halides is 3. The molecule has 2 heterocycles. The number of hydrogen-bond acceptors (Lipinski definition) is 5. The van der Waals surface area contributed by atoms with Crippen LogP contribution in [0.15, 0.2) is 60.9 Å². The number of nitrogens with two attached hydrogens (primary N) is 1. The second kappa shape index (κ2) is 12.4. The lowest BCUT2D eigenvalue weighted by molar-refractivity contribution is -0.143. The van der Waals surface area contributed by atoms with Gasteiger partial charge in [0, 0.05) is 36.7 Å². The summed E-state index contributed by atoms with van der Waals surface area (Å²) < 4.78 is 88.0. The summed E-state index contributed by atoms with van der Waals surface area (Å²) in [7, 11) is 1.21. The molecule has 4 aromatic rings. The third kappa shape index (κ3) is 7.13. The van der Waals surface area contributed by atoms with E-state index in [9.17, 15) is 35.9 Å². The zero-order valence-electron chi connectivity index (χ0n) is 21.9. The highest BCUT2D eigenvalue weighted by Gasteiger charge is 2.37. The van der Waals surface area contributed by atoms with Crippen LogP contribution in [0.3, 0.4) is 0 Å². The van der Waals surface area contributed by atoms with Crippen LogP contribution >= 0.6 is 0 Å². The Balaban J connectivity index is 1.72. The Kier molecular flexibility index (Phi) is 8.95. The largest absolute Gasteiger partial charge is 0.435 e. The molecule has 2 amide bonds. The van der Waals surface area contributed by atoms with Gasteiger partial charge in [0.25, 0.3) is 5.91 Å². The van der Waals surface area contributed by atoms with Crippen LogP contribution in [0.2, 0.25) is 0 Å². The lowest BCUT2D eigenvalue weighted by atomic mass is 9.94. The molecule has 42 heavy (non-hydrogen) atoms. The quantitative estimate of drug-likeness (QED) is 0.259. The molecule has 0 spiro atoms. The lowest BCUT2D eigenvalue weighted by Gasteiger charge is -2.22. The molecule has 2 aromatic heterocycles. The molecule has 0 saturated heterocycles. The molecule has 0 aliphatic rings. The molecule has 3 N–H and O–H groups in total. The number of ether oxygens (including phenoxy) is 1. The minimum absolute atomic E-state index is 0.132. The number of amides is 2. The van der Waals surface area contributed by atoms with Gasteiger partial charge >= 0.3 is 6.18 Å². The molecule has 1 atom stereocenters. The van der Waals surface area contributed by atoms with Crippen molar-refractivity contribution in [2.75, 3.05) is 7.11 Å². The fourth-order valence-electron chi connectivity index (χ4n) is 4.43. The van der Waals surface area contributed by atoms with Crippen LogP contribution in [0.1, 0.15) is 38.9 Å². The summed E-state index contributed by atoms with van der Waals surface area (Å²) in [4.78, 5) is 29.2. The molecule has 220 valence electrons. The number of halogens is 6. The van der Waals surface area contributed by atoms with Gasteiger partial charge in [-0.15, -0.1) is 0 Å². The molecule has 2 aromatic carbocycles. The summed E-state index contributed by atoms with van der Waals surface area (Å²) in [5.41, 5.74) is 4.30. The van der Waals surface area contributed by atoms with E-state index in [1.807, 2.05) is 0 Å². The van der Waals surface area contributed by atoms with E-state index in [1.165, 1.54) is 31.5 Å². The van der Waals surface area contributed by atoms with Crippen molar-refractivity contribution in [1.29, 1.82) is 0 Å². The Bertz CT molecular complexity index is 1600. The predicted octanol–water partition coefficient (Wildman–Crippen LogP) is 4.73. The number of aromatic nitrogens is 3. The molecular formula is C28H23F6N5O3. The maximum Gasteiger partial charge on any atom is 0.435 e. The number of methoxy groups -OCH3 is 1.